The van der Waals surface area contributed by atoms with E-state index in [9.17, 15) is 0 Å². The monoisotopic (exact) mass is 245 g/mol. The highest BCUT2D eigenvalue weighted by Crippen LogP contribution is 2.22. The molecule has 0 aliphatic carbocycles. The highest BCUT2D eigenvalue weighted by Gasteiger charge is 2.16. The van der Waals surface area contributed by atoms with Gasteiger partial charge < -0.3 is 15.5 Å². The van der Waals surface area contributed by atoms with Crippen molar-refractivity contribution in [2.24, 2.45) is 0 Å². The van der Waals surface area contributed by atoms with Gasteiger partial charge in [-0.25, -0.2) is 0 Å². The minimum atomic E-state index is 0.827. The molecule has 1 fully saturated rings. The van der Waals surface area contributed by atoms with E-state index in [0.29, 0.717) is 0 Å². The number of likely N-dealkylation sites (N-methyl/N-ethyl adjacent to an activating group) is 1. The number of rotatable bonds is 3. The molecule has 0 amide bonds. The van der Waals surface area contributed by atoms with Crippen LogP contribution in [-0.4, -0.2) is 43.0 Å². The summed E-state index contributed by atoms with van der Waals surface area (Å²) >= 11 is 0. The number of benzene rings is 1. The zero-order chi connectivity index (χ0) is 13.0. The Kier molecular flexibility index (Phi) is 4.26. The molecular weight excluding hydrogens is 222 g/mol. The lowest BCUT2D eigenvalue weighted by molar-refractivity contribution is 0.207. The average Bonchev–Trinajstić information content (AvgIpc) is 2.39. The Morgan fingerprint density at radius 3 is 2.33 bits per heavy atom. The Hall–Kier alpha value is -1.48. The molecule has 0 unspecified atom stereocenters. The van der Waals surface area contributed by atoms with Crippen LogP contribution in [0, 0.1) is 0 Å². The average molecular weight is 245 g/mol. The van der Waals surface area contributed by atoms with Crippen LogP contribution in [0.1, 0.15) is 18.9 Å². The largest absolute Gasteiger partial charge is 0.399 e. The van der Waals surface area contributed by atoms with Crippen molar-refractivity contribution in [2.75, 3.05) is 39.0 Å². The molecule has 0 saturated carbocycles. The molecule has 0 bridgehead atoms. The molecule has 0 spiro atoms. The van der Waals surface area contributed by atoms with Crippen molar-refractivity contribution in [3.05, 3.63) is 35.9 Å². The van der Waals surface area contributed by atoms with Crippen LogP contribution in [0.25, 0.3) is 5.70 Å². The smallest absolute Gasteiger partial charge is 0.0400 e. The van der Waals surface area contributed by atoms with Crippen LogP contribution in [-0.2, 0) is 0 Å². The molecule has 3 heteroatoms. The summed E-state index contributed by atoms with van der Waals surface area (Å²) in [4.78, 5) is 4.86. The molecule has 2 N–H and O–H groups in total. The Morgan fingerprint density at radius 1 is 1.17 bits per heavy atom. The van der Waals surface area contributed by atoms with E-state index in [2.05, 4.69) is 42.0 Å². The Labute approximate surface area is 110 Å². The molecule has 1 saturated heterocycles. The maximum Gasteiger partial charge on any atom is 0.0400 e. The summed E-state index contributed by atoms with van der Waals surface area (Å²) in [5.74, 6) is 0. The second-order valence-corrected chi connectivity index (χ2v) is 4.91. The molecule has 1 aliphatic heterocycles. The third kappa shape index (κ3) is 3.05. The van der Waals surface area contributed by atoms with Crippen molar-refractivity contribution in [1.29, 1.82) is 0 Å². The fourth-order valence-electron chi connectivity index (χ4n) is 2.32. The van der Waals surface area contributed by atoms with Gasteiger partial charge in [-0.1, -0.05) is 25.1 Å². The highest BCUT2D eigenvalue weighted by molar-refractivity contribution is 5.65. The topological polar surface area (TPSA) is 32.5 Å². The number of nitrogens with zero attached hydrogens (tertiary/aromatic N) is 2. The molecule has 2 rings (SSSR count). The summed E-state index contributed by atoms with van der Waals surface area (Å²) < 4.78 is 0. The van der Waals surface area contributed by atoms with Gasteiger partial charge in [0.1, 0.15) is 0 Å². The van der Waals surface area contributed by atoms with Gasteiger partial charge in [0.2, 0.25) is 0 Å². The number of nitrogens with two attached hydrogens (primary N) is 1. The molecule has 98 valence electrons. The maximum absolute atomic E-state index is 5.76. The lowest BCUT2D eigenvalue weighted by atomic mass is 10.1. The van der Waals surface area contributed by atoms with Crippen LogP contribution in [0.15, 0.2) is 30.3 Å². The summed E-state index contributed by atoms with van der Waals surface area (Å²) in [7, 11) is 2.18. The van der Waals surface area contributed by atoms with Crippen molar-refractivity contribution in [3.63, 3.8) is 0 Å². The van der Waals surface area contributed by atoms with E-state index in [1.807, 2.05) is 12.1 Å². The third-order valence-electron chi connectivity index (χ3n) is 3.45. The maximum atomic E-state index is 5.76. The standard InChI is InChI=1S/C15H23N3/c1-3-4-15(13-5-7-14(16)8-6-13)18-11-9-17(2)10-12-18/h4-8H,3,9-12,16H2,1-2H3/b15-4-. The lowest BCUT2D eigenvalue weighted by Crippen LogP contribution is -2.43. The van der Waals surface area contributed by atoms with Crippen LogP contribution in [0.5, 0.6) is 0 Å². The second-order valence-electron chi connectivity index (χ2n) is 4.91. The van der Waals surface area contributed by atoms with Crippen LogP contribution >= 0.6 is 0 Å². The van der Waals surface area contributed by atoms with Gasteiger partial charge >= 0.3 is 0 Å². The number of piperazine rings is 1. The molecule has 1 aromatic rings. The van der Waals surface area contributed by atoms with Crippen molar-refractivity contribution in [3.8, 4) is 0 Å². The number of allylic oxidation sites excluding steroid dienone is 1. The van der Waals surface area contributed by atoms with E-state index < -0.39 is 0 Å². The number of hydrogen-bond acceptors (Lipinski definition) is 3. The van der Waals surface area contributed by atoms with Crippen LogP contribution in [0.3, 0.4) is 0 Å². The van der Waals surface area contributed by atoms with Gasteiger partial charge in [-0.2, -0.15) is 0 Å². The Bertz CT molecular complexity index is 400. The lowest BCUT2D eigenvalue weighted by Gasteiger charge is -2.35. The first-order valence-corrected chi connectivity index (χ1v) is 6.70. The van der Waals surface area contributed by atoms with Crippen LogP contribution in [0.2, 0.25) is 0 Å². The minimum absolute atomic E-state index is 0.827. The fourth-order valence-corrected chi connectivity index (χ4v) is 2.32. The number of nitrogen functional groups attached to an aromatic ring is 1. The quantitative estimate of drug-likeness (QED) is 0.829. The number of anilines is 1. The molecule has 0 atom stereocenters. The normalized spacial score (nSPS) is 18.1. The zero-order valence-corrected chi connectivity index (χ0v) is 11.4. The first-order valence-electron chi connectivity index (χ1n) is 6.70. The van der Waals surface area contributed by atoms with Gasteiger partial charge in [-0.3, -0.25) is 0 Å². The van der Waals surface area contributed by atoms with Gasteiger partial charge in [0.15, 0.2) is 0 Å². The molecule has 3 nitrogen and oxygen atoms in total. The van der Waals surface area contributed by atoms with Crippen molar-refractivity contribution < 1.29 is 0 Å². The van der Waals surface area contributed by atoms with E-state index >= 15 is 0 Å². The van der Waals surface area contributed by atoms with E-state index in [-0.39, 0.29) is 0 Å². The molecule has 1 aromatic carbocycles. The predicted molar refractivity (Wildman–Crippen MR) is 78.2 cm³/mol. The zero-order valence-electron chi connectivity index (χ0n) is 11.4. The first-order chi connectivity index (χ1) is 8.70. The molecular formula is C15H23N3. The highest BCUT2D eigenvalue weighted by atomic mass is 15.2. The summed E-state index contributed by atoms with van der Waals surface area (Å²) in [6.07, 6.45) is 3.38. The van der Waals surface area contributed by atoms with Crippen molar-refractivity contribution in [2.45, 2.75) is 13.3 Å². The summed E-state index contributed by atoms with van der Waals surface area (Å²) in [5, 5.41) is 0. The van der Waals surface area contributed by atoms with Gasteiger partial charge in [0.05, 0.1) is 0 Å². The van der Waals surface area contributed by atoms with Crippen LogP contribution in [0.4, 0.5) is 5.69 Å². The first kappa shape index (κ1) is 13.0. The van der Waals surface area contributed by atoms with E-state index in [1.165, 1.54) is 11.3 Å². The predicted octanol–water partition coefficient (Wildman–Crippen LogP) is 2.27. The summed E-state index contributed by atoms with van der Waals surface area (Å²) in [6.45, 7) is 6.67. The molecule has 18 heavy (non-hydrogen) atoms. The van der Waals surface area contributed by atoms with Gasteiger partial charge in [0.25, 0.3) is 0 Å². The molecule has 1 aliphatic rings. The van der Waals surface area contributed by atoms with Crippen LogP contribution < -0.4 is 5.73 Å². The number of hydrogen-bond donors (Lipinski definition) is 1. The van der Waals surface area contributed by atoms with Crippen molar-refractivity contribution >= 4 is 11.4 Å². The Balaban J connectivity index is 2.18. The Morgan fingerprint density at radius 2 is 1.78 bits per heavy atom. The fraction of sp³-hybridized carbons (Fsp3) is 0.467. The van der Waals surface area contributed by atoms with Gasteiger partial charge in [-0.05, 0) is 31.2 Å². The van der Waals surface area contributed by atoms with Gasteiger partial charge in [-0.15, -0.1) is 0 Å². The summed E-state index contributed by atoms with van der Waals surface area (Å²) in [6, 6.07) is 8.20. The van der Waals surface area contributed by atoms with E-state index in [4.69, 9.17) is 5.73 Å². The minimum Gasteiger partial charge on any atom is -0.399 e. The second kappa shape index (κ2) is 5.91. The third-order valence-corrected chi connectivity index (χ3v) is 3.45. The van der Waals surface area contributed by atoms with Crippen molar-refractivity contribution in [1.82, 2.24) is 9.80 Å². The summed E-state index contributed by atoms with van der Waals surface area (Å²) in [5.41, 5.74) is 9.21. The van der Waals surface area contributed by atoms with E-state index in [0.717, 1.165) is 38.3 Å². The SMILES string of the molecule is CC/C=C(/c1ccc(N)cc1)N1CCN(C)CC1. The molecule has 1 heterocycles. The molecule has 0 radical (unpaired) electrons. The van der Waals surface area contributed by atoms with E-state index in [1.54, 1.807) is 0 Å². The molecule has 0 aromatic heterocycles. The van der Waals surface area contributed by atoms with Gasteiger partial charge in [0, 0.05) is 37.6 Å².